The maximum absolute atomic E-state index is 5.76. The Morgan fingerprint density at radius 1 is 1.35 bits per heavy atom. The Morgan fingerprint density at radius 2 is 1.94 bits per heavy atom. The van der Waals surface area contributed by atoms with Gasteiger partial charge < -0.3 is 10.6 Å². The monoisotopic (exact) mass is 234 g/mol. The molecule has 94 valence electrons. The first-order chi connectivity index (χ1) is 8.16. The Hall–Kier alpha value is -1.16. The number of anilines is 1. The fourth-order valence-electron chi connectivity index (χ4n) is 2.46. The van der Waals surface area contributed by atoms with E-state index in [1.807, 2.05) is 19.3 Å². The van der Waals surface area contributed by atoms with E-state index in [0.29, 0.717) is 6.04 Å². The highest BCUT2D eigenvalue weighted by atomic mass is 15.2. The van der Waals surface area contributed by atoms with E-state index in [1.54, 1.807) is 0 Å². The zero-order valence-electron chi connectivity index (χ0n) is 10.8. The van der Waals surface area contributed by atoms with E-state index in [4.69, 9.17) is 5.73 Å². The van der Waals surface area contributed by atoms with Crippen molar-refractivity contribution in [2.75, 3.05) is 11.9 Å². The van der Waals surface area contributed by atoms with Gasteiger partial charge in [0.05, 0.1) is 0 Å². The van der Waals surface area contributed by atoms with Gasteiger partial charge in [-0.3, -0.25) is 0 Å². The van der Waals surface area contributed by atoms with Crippen molar-refractivity contribution in [3.8, 4) is 0 Å². The molecule has 1 fully saturated rings. The summed E-state index contributed by atoms with van der Waals surface area (Å²) >= 11 is 0. The highest BCUT2D eigenvalue weighted by Gasteiger charge is 2.21. The molecule has 1 aromatic heterocycles. The summed E-state index contributed by atoms with van der Waals surface area (Å²) in [5, 5.41) is 0. The number of rotatable bonds is 4. The standard InChI is InChI=1S/C13H22N4/c1-10(14)7-11-8-15-13(16-9-11)17(2)12-5-3-4-6-12/h8-10,12H,3-7,14H2,1-2H3. The van der Waals surface area contributed by atoms with Gasteiger partial charge in [-0.15, -0.1) is 0 Å². The van der Waals surface area contributed by atoms with Crippen LogP contribution in [0.5, 0.6) is 0 Å². The minimum absolute atomic E-state index is 0.164. The molecule has 4 heteroatoms. The Bertz CT molecular complexity index is 341. The number of hydrogen-bond donors (Lipinski definition) is 1. The molecule has 17 heavy (non-hydrogen) atoms. The SMILES string of the molecule is CC(N)Cc1cnc(N(C)C2CCCC2)nc1. The third-order valence-corrected chi connectivity index (χ3v) is 3.44. The molecule has 1 unspecified atom stereocenters. The smallest absolute Gasteiger partial charge is 0.225 e. The summed E-state index contributed by atoms with van der Waals surface area (Å²) in [6.45, 7) is 2.00. The number of nitrogens with zero attached hydrogens (tertiary/aromatic N) is 3. The molecule has 0 aliphatic heterocycles. The predicted molar refractivity (Wildman–Crippen MR) is 70.0 cm³/mol. The molecular formula is C13H22N4. The number of nitrogens with two attached hydrogens (primary N) is 1. The molecule has 1 aromatic rings. The van der Waals surface area contributed by atoms with Gasteiger partial charge in [0, 0.05) is 31.5 Å². The Morgan fingerprint density at radius 3 is 2.47 bits per heavy atom. The Kier molecular flexibility index (Phi) is 3.94. The second-order valence-corrected chi connectivity index (χ2v) is 5.12. The highest BCUT2D eigenvalue weighted by Crippen LogP contribution is 2.24. The maximum atomic E-state index is 5.76. The van der Waals surface area contributed by atoms with Crippen molar-refractivity contribution in [2.45, 2.75) is 51.1 Å². The van der Waals surface area contributed by atoms with Crippen molar-refractivity contribution >= 4 is 5.95 Å². The van der Waals surface area contributed by atoms with Gasteiger partial charge in [-0.2, -0.15) is 0 Å². The molecule has 0 bridgehead atoms. The van der Waals surface area contributed by atoms with E-state index in [1.165, 1.54) is 25.7 Å². The van der Waals surface area contributed by atoms with Crippen molar-refractivity contribution < 1.29 is 0 Å². The lowest BCUT2D eigenvalue weighted by atomic mass is 10.1. The quantitative estimate of drug-likeness (QED) is 0.862. The molecule has 0 spiro atoms. The first kappa shape index (κ1) is 12.3. The van der Waals surface area contributed by atoms with Gasteiger partial charge in [0.2, 0.25) is 5.95 Å². The molecule has 4 nitrogen and oxygen atoms in total. The molecular weight excluding hydrogens is 212 g/mol. The van der Waals surface area contributed by atoms with Crippen LogP contribution in [0.25, 0.3) is 0 Å². The molecule has 1 aliphatic rings. The maximum Gasteiger partial charge on any atom is 0.225 e. The topological polar surface area (TPSA) is 55.0 Å². The largest absolute Gasteiger partial charge is 0.341 e. The molecule has 1 heterocycles. The lowest BCUT2D eigenvalue weighted by Gasteiger charge is -2.24. The van der Waals surface area contributed by atoms with Crippen LogP contribution in [-0.2, 0) is 6.42 Å². The summed E-state index contributed by atoms with van der Waals surface area (Å²) in [5.74, 6) is 0.838. The van der Waals surface area contributed by atoms with Crippen LogP contribution >= 0.6 is 0 Å². The Balaban J connectivity index is 2.01. The van der Waals surface area contributed by atoms with Crippen LogP contribution in [-0.4, -0.2) is 29.1 Å². The van der Waals surface area contributed by atoms with E-state index in [0.717, 1.165) is 17.9 Å². The van der Waals surface area contributed by atoms with Gasteiger partial charge >= 0.3 is 0 Å². The van der Waals surface area contributed by atoms with E-state index in [2.05, 4.69) is 21.9 Å². The van der Waals surface area contributed by atoms with Crippen LogP contribution in [0.2, 0.25) is 0 Å². The molecule has 0 amide bonds. The first-order valence-electron chi connectivity index (χ1n) is 6.46. The van der Waals surface area contributed by atoms with Gasteiger partial charge in [0.1, 0.15) is 0 Å². The van der Waals surface area contributed by atoms with E-state index in [9.17, 15) is 0 Å². The second kappa shape index (κ2) is 5.45. The van der Waals surface area contributed by atoms with Crippen LogP contribution in [0.1, 0.15) is 38.2 Å². The van der Waals surface area contributed by atoms with Crippen molar-refractivity contribution in [2.24, 2.45) is 5.73 Å². The van der Waals surface area contributed by atoms with E-state index >= 15 is 0 Å². The minimum Gasteiger partial charge on any atom is -0.341 e. The minimum atomic E-state index is 0.164. The van der Waals surface area contributed by atoms with Crippen molar-refractivity contribution in [3.63, 3.8) is 0 Å². The Labute approximate surface area is 103 Å². The van der Waals surface area contributed by atoms with Crippen LogP contribution in [0.15, 0.2) is 12.4 Å². The third kappa shape index (κ3) is 3.16. The molecule has 0 radical (unpaired) electrons. The fraction of sp³-hybridized carbons (Fsp3) is 0.692. The summed E-state index contributed by atoms with van der Waals surface area (Å²) in [7, 11) is 2.09. The number of aromatic nitrogens is 2. The highest BCUT2D eigenvalue weighted by molar-refractivity contribution is 5.30. The zero-order valence-corrected chi connectivity index (χ0v) is 10.8. The summed E-state index contributed by atoms with van der Waals surface area (Å²) < 4.78 is 0. The average Bonchev–Trinajstić information content (AvgIpc) is 2.82. The predicted octanol–water partition coefficient (Wildman–Crippen LogP) is 1.75. The molecule has 2 rings (SSSR count). The third-order valence-electron chi connectivity index (χ3n) is 3.44. The molecule has 0 saturated heterocycles. The van der Waals surface area contributed by atoms with Crippen molar-refractivity contribution in [1.82, 2.24) is 9.97 Å². The average molecular weight is 234 g/mol. The van der Waals surface area contributed by atoms with Gasteiger partial charge in [0.25, 0.3) is 0 Å². The van der Waals surface area contributed by atoms with Gasteiger partial charge in [-0.05, 0) is 31.7 Å². The van der Waals surface area contributed by atoms with Crippen molar-refractivity contribution in [1.29, 1.82) is 0 Å². The first-order valence-corrected chi connectivity index (χ1v) is 6.46. The summed E-state index contributed by atoms with van der Waals surface area (Å²) in [6, 6.07) is 0.784. The second-order valence-electron chi connectivity index (χ2n) is 5.12. The van der Waals surface area contributed by atoms with Gasteiger partial charge in [-0.1, -0.05) is 12.8 Å². The number of hydrogen-bond acceptors (Lipinski definition) is 4. The normalized spacial score (nSPS) is 18.3. The van der Waals surface area contributed by atoms with Gasteiger partial charge in [0.15, 0.2) is 0 Å². The fourth-order valence-corrected chi connectivity index (χ4v) is 2.46. The van der Waals surface area contributed by atoms with Gasteiger partial charge in [-0.25, -0.2) is 9.97 Å². The molecule has 1 saturated carbocycles. The zero-order chi connectivity index (χ0) is 12.3. The summed E-state index contributed by atoms with van der Waals surface area (Å²) in [5.41, 5.74) is 6.87. The van der Waals surface area contributed by atoms with E-state index < -0.39 is 0 Å². The van der Waals surface area contributed by atoms with Crippen LogP contribution in [0.3, 0.4) is 0 Å². The molecule has 1 aliphatic carbocycles. The molecule has 0 aromatic carbocycles. The molecule has 2 N–H and O–H groups in total. The lowest BCUT2D eigenvalue weighted by molar-refractivity contribution is 0.636. The van der Waals surface area contributed by atoms with Crippen LogP contribution in [0.4, 0.5) is 5.95 Å². The van der Waals surface area contributed by atoms with Crippen LogP contribution < -0.4 is 10.6 Å². The van der Waals surface area contributed by atoms with E-state index in [-0.39, 0.29) is 6.04 Å². The van der Waals surface area contributed by atoms with Crippen molar-refractivity contribution in [3.05, 3.63) is 18.0 Å². The molecule has 1 atom stereocenters. The summed E-state index contributed by atoms with van der Waals surface area (Å²) in [6.07, 6.45) is 9.83. The summed E-state index contributed by atoms with van der Waals surface area (Å²) in [4.78, 5) is 11.1. The van der Waals surface area contributed by atoms with Crippen LogP contribution in [0, 0.1) is 0 Å². The lowest BCUT2D eigenvalue weighted by Crippen LogP contribution is -2.30.